The van der Waals surface area contributed by atoms with E-state index in [1.54, 1.807) is 0 Å². The van der Waals surface area contributed by atoms with Crippen molar-refractivity contribution in [2.24, 2.45) is 52.3 Å². The summed E-state index contributed by atoms with van der Waals surface area (Å²) in [5, 5.41) is 53.4. The van der Waals surface area contributed by atoms with Gasteiger partial charge in [-0.25, -0.2) is 0 Å². The maximum atomic E-state index is 11.4. The first kappa shape index (κ1) is 24.9. The largest absolute Gasteiger partial charge is 0.396 e. The van der Waals surface area contributed by atoms with Crippen molar-refractivity contribution in [3.05, 3.63) is 0 Å². The highest BCUT2D eigenvalue weighted by Crippen LogP contribution is 2.68. The fourth-order valence-corrected chi connectivity index (χ4v) is 9.45. The maximum absolute atomic E-state index is 11.4. The van der Waals surface area contributed by atoms with E-state index in [0.29, 0.717) is 30.6 Å². The lowest BCUT2D eigenvalue weighted by molar-refractivity contribution is -0.181. The van der Waals surface area contributed by atoms with Crippen molar-refractivity contribution < 1.29 is 25.5 Å². The van der Waals surface area contributed by atoms with E-state index in [9.17, 15) is 25.5 Å². The second-order valence-electron chi connectivity index (χ2n) is 12.9. The minimum absolute atomic E-state index is 0.0116. The number of rotatable bonds is 6. The molecule has 5 heteroatoms. The Morgan fingerprint density at radius 3 is 2.22 bits per heavy atom. The first-order valence-corrected chi connectivity index (χ1v) is 13.4. The third-order valence-electron chi connectivity index (χ3n) is 11.1. The van der Waals surface area contributed by atoms with Crippen LogP contribution in [0.2, 0.25) is 0 Å². The number of hydrogen-bond donors (Lipinski definition) is 5. The molecule has 4 aliphatic rings. The molecule has 0 saturated heterocycles. The van der Waals surface area contributed by atoms with Crippen molar-refractivity contribution in [2.45, 2.75) is 110 Å². The summed E-state index contributed by atoms with van der Waals surface area (Å²) < 4.78 is 0. The van der Waals surface area contributed by atoms with Crippen molar-refractivity contribution in [3.63, 3.8) is 0 Å². The molecule has 13 atom stereocenters. The monoisotopic (exact) mass is 452 g/mol. The van der Waals surface area contributed by atoms with Crippen LogP contribution in [0.5, 0.6) is 0 Å². The molecule has 0 aromatic rings. The average Bonchev–Trinajstić information content (AvgIpc) is 2.94. The molecule has 0 heterocycles. The van der Waals surface area contributed by atoms with E-state index in [4.69, 9.17) is 0 Å². The minimum Gasteiger partial charge on any atom is -0.396 e. The summed E-state index contributed by atoms with van der Waals surface area (Å²) in [5.41, 5.74) is -0.100. The molecular weight excluding hydrogens is 404 g/mol. The van der Waals surface area contributed by atoms with Gasteiger partial charge in [-0.3, -0.25) is 0 Å². The van der Waals surface area contributed by atoms with Gasteiger partial charge in [-0.05, 0) is 97.2 Å². The molecule has 0 aliphatic heterocycles. The Bertz CT molecular complexity index is 656. The molecule has 0 aromatic heterocycles. The molecule has 186 valence electrons. The van der Waals surface area contributed by atoms with Crippen LogP contribution in [0.1, 0.15) is 85.5 Å². The highest BCUT2D eigenvalue weighted by atomic mass is 16.3. The van der Waals surface area contributed by atoms with Gasteiger partial charge in [0.1, 0.15) is 0 Å². The van der Waals surface area contributed by atoms with Crippen molar-refractivity contribution >= 4 is 0 Å². The fraction of sp³-hybridized carbons (Fsp3) is 1.00. The zero-order valence-corrected chi connectivity index (χ0v) is 20.7. The third kappa shape index (κ3) is 3.88. The van der Waals surface area contributed by atoms with Gasteiger partial charge < -0.3 is 25.5 Å². The zero-order valence-electron chi connectivity index (χ0n) is 20.7. The summed E-state index contributed by atoms with van der Waals surface area (Å²) in [4.78, 5) is 0. The molecule has 0 amide bonds. The summed E-state index contributed by atoms with van der Waals surface area (Å²) in [6.45, 7) is 9.16. The molecule has 32 heavy (non-hydrogen) atoms. The molecule has 4 rings (SSSR count). The standard InChI is InChI=1S/C27H48O5/c1-15(14-28)6-5-7-16(2)22-24(31)25(32)23-18-13-21(30)20-12-17(29)8-10-26(20,3)19(18)9-11-27(22,23)4/h15-25,28-32H,5-14H2,1-4H3/t15?,16-,17+,18?,19?,20?,21+,22+,23?,24-,25+,26-,27-/m1/s1. The Morgan fingerprint density at radius 2 is 1.53 bits per heavy atom. The summed E-state index contributed by atoms with van der Waals surface area (Å²) in [7, 11) is 0. The number of aliphatic hydroxyl groups excluding tert-OH is 5. The Balaban J connectivity index is 1.55. The fourth-order valence-electron chi connectivity index (χ4n) is 9.45. The van der Waals surface area contributed by atoms with Crippen LogP contribution in [0.15, 0.2) is 0 Å². The van der Waals surface area contributed by atoms with Crippen LogP contribution in [-0.4, -0.2) is 56.6 Å². The number of fused-ring (bicyclic) bond motifs is 5. The van der Waals surface area contributed by atoms with Gasteiger partial charge in [-0.1, -0.05) is 40.5 Å². The van der Waals surface area contributed by atoms with Crippen LogP contribution < -0.4 is 0 Å². The molecule has 5 nitrogen and oxygen atoms in total. The topological polar surface area (TPSA) is 101 Å². The lowest BCUT2D eigenvalue weighted by atomic mass is 9.43. The molecule has 0 aromatic carbocycles. The van der Waals surface area contributed by atoms with Gasteiger partial charge in [-0.2, -0.15) is 0 Å². The van der Waals surface area contributed by atoms with E-state index in [1.165, 1.54) is 0 Å². The second-order valence-corrected chi connectivity index (χ2v) is 12.9. The van der Waals surface area contributed by atoms with E-state index < -0.39 is 18.3 Å². The van der Waals surface area contributed by atoms with Gasteiger partial charge in [0.2, 0.25) is 0 Å². The van der Waals surface area contributed by atoms with Gasteiger partial charge in [0, 0.05) is 6.61 Å². The van der Waals surface area contributed by atoms with Gasteiger partial charge in [0.15, 0.2) is 0 Å². The minimum atomic E-state index is -0.724. The van der Waals surface area contributed by atoms with E-state index in [1.807, 2.05) is 0 Å². The summed E-state index contributed by atoms with van der Waals surface area (Å²) in [6, 6.07) is 0. The van der Waals surface area contributed by atoms with Crippen molar-refractivity contribution in [3.8, 4) is 0 Å². The zero-order chi connectivity index (χ0) is 23.4. The van der Waals surface area contributed by atoms with E-state index in [-0.39, 0.29) is 47.2 Å². The van der Waals surface area contributed by atoms with Crippen LogP contribution in [0.25, 0.3) is 0 Å². The van der Waals surface area contributed by atoms with Gasteiger partial charge in [0.05, 0.1) is 24.4 Å². The Labute approximate surface area is 194 Å². The van der Waals surface area contributed by atoms with E-state index in [0.717, 1.165) is 44.9 Å². The van der Waals surface area contributed by atoms with Gasteiger partial charge in [-0.15, -0.1) is 0 Å². The van der Waals surface area contributed by atoms with Crippen molar-refractivity contribution in [1.29, 1.82) is 0 Å². The summed E-state index contributed by atoms with van der Waals surface area (Å²) >= 11 is 0. The highest BCUT2D eigenvalue weighted by molar-refractivity contribution is 5.15. The first-order chi connectivity index (χ1) is 15.0. The number of hydrogen-bond acceptors (Lipinski definition) is 5. The van der Waals surface area contributed by atoms with Crippen LogP contribution in [0.3, 0.4) is 0 Å². The lowest BCUT2D eigenvalue weighted by Gasteiger charge is -2.62. The predicted octanol–water partition coefficient (Wildman–Crippen LogP) is 3.35. The molecular formula is C27H48O5. The smallest absolute Gasteiger partial charge is 0.0838 e. The molecule has 5 unspecified atom stereocenters. The van der Waals surface area contributed by atoms with Crippen molar-refractivity contribution in [1.82, 2.24) is 0 Å². The van der Waals surface area contributed by atoms with Crippen LogP contribution in [0, 0.1) is 52.3 Å². The Hall–Kier alpha value is -0.200. The Kier molecular flexibility index (Phi) is 7.09. The SMILES string of the molecule is CC(CO)CCC[C@@H](C)[C@H]1[C@@H](O)[C@@H](O)C2C3C[C@H](O)C4C[C@@H](O)CC[C@]4(C)C3CC[C@@]21C. The maximum Gasteiger partial charge on any atom is 0.0838 e. The average molecular weight is 453 g/mol. The van der Waals surface area contributed by atoms with Gasteiger partial charge in [0.25, 0.3) is 0 Å². The highest BCUT2D eigenvalue weighted by Gasteiger charge is 2.67. The quantitative estimate of drug-likeness (QED) is 0.425. The third-order valence-corrected chi connectivity index (χ3v) is 11.1. The van der Waals surface area contributed by atoms with Crippen LogP contribution in [0.4, 0.5) is 0 Å². The Morgan fingerprint density at radius 1 is 0.844 bits per heavy atom. The van der Waals surface area contributed by atoms with Crippen LogP contribution >= 0.6 is 0 Å². The van der Waals surface area contributed by atoms with Gasteiger partial charge >= 0.3 is 0 Å². The molecule has 4 aliphatic carbocycles. The number of aliphatic hydroxyl groups is 5. The first-order valence-electron chi connectivity index (χ1n) is 13.4. The molecule has 0 spiro atoms. The summed E-state index contributed by atoms with van der Waals surface area (Å²) in [6.07, 6.45) is 6.14. The molecule has 4 fully saturated rings. The molecule has 0 bridgehead atoms. The van der Waals surface area contributed by atoms with E-state index in [2.05, 4.69) is 27.7 Å². The van der Waals surface area contributed by atoms with Crippen LogP contribution in [-0.2, 0) is 0 Å². The van der Waals surface area contributed by atoms with E-state index >= 15 is 0 Å². The lowest BCUT2D eigenvalue weighted by Crippen LogP contribution is -2.59. The molecule has 5 N–H and O–H groups in total. The van der Waals surface area contributed by atoms with Crippen molar-refractivity contribution in [2.75, 3.05) is 6.61 Å². The molecule has 4 saturated carbocycles. The predicted molar refractivity (Wildman–Crippen MR) is 125 cm³/mol. The normalized spacial score (nSPS) is 52.6. The summed E-state index contributed by atoms with van der Waals surface area (Å²) in [5.74, 6) is 1.55. The molecule has 0 radical (unpaired) electrons. The second kappa shape index (κ2) is 9.11.